The van der Waals surface area contributed by atoms with E-state index in [0.717, 1.165) is 12.2 Å². The Balaban J connectivity index is 1.67. The molecule has 2 aromatic rings. The molecule has 1 fully saturated rings. The van der Waals surface area contributed by atoms with E-state index in [0.29, 0.717) is 36.7 Å². The molecule has 170 valence electrons. The first kappa shape index (κ1) is 22.8. The molecule has 2 aromatic heterocycles. The van der Waals surface area contributed by atoms with Crippen LogP contribution in [-0.2, 0) is 23.1 Å². The number of carboxylic acid groups (broad SMARTS) is 1. The first-order valence-corrected chi connectivity index (χ1v) is 11.5. The van der Waals surface area contributed by atoms with Crippen molar-refractivity contribution in [2.75, 3.05) is 23.7 Å². The van der Waals surface area contributed by atoms with E-state index in [4.69, 9.17) is 9.52 Å². The molecule has 0 radical (unpaired) electrons. The second-order valence-electron chi connectivity index (χ2n) is 7.22. The van der Waals surface area contributed by atoms with Gasteiger partial charge >= 0.3 is 6.09 Å². The van der Waals surface area contributed by atoms with Gasteiger partial charge in [-0.05, 0) is 37.1 Å². The number of nitrogens with zero attached hydrogens (tertiary/aromatic N) is 2. The molecule has 0 bridgehead atoms. The summed E-state index contributed by atoms with van der Waals surface area (Å²) in [6, 6.07) is 6.75. The van der Waals surface area contributed by atoms with Gasteiger partial charge in [-0.1, -0.05) is 6.92 Å². The molecule has 3 rings (SSSR count). The van der Waals surface area contributed by atoms with Gasteiger partial charge in [-0.2, -0.15) is 8.42 Å². The van der Waals surface area contributed by atoms with E-state index in [1.807, 2.05) is 19.1 Å². The Morgan fingerprint density at radius 2 is 2.00 bits per heavy atom. The molecule has 0 saturated carbocycles. The summed E-state index contributed by atoms with van der Waals surface area (Å²) >= 11 is 0. The van der Waals surface area contributed by atoms with Crippen molar-refractivity contribution in [2.24, 2.45) is 0 Å². The maximum atomic E-state index is 12.0. The number of hydrogen-bond donors (Lipinski definition) is 5. The minimum Gasteiger partial charge on any atom is -0.465 e. The van der Waals surface area contributed by atoms with Crippen molar-refractivity contribution >= 4 is 27.7 Å². The zero-order valence-electron chi connectivity index (χ0n) is 17.1. The second kappa shape index (κ2) is 9.98. The molecule has 1 aliphatic rings. The lowest BCUT2D eigenvalue weighted by Crippen LogP contribution is -2.52. The number of carbonyl (C=O) groups is 1. The lowest BCUT2D eigenvalue weighted by Gasteiger charge is -2.32. The fourth-order valence-corrected chi connectivity index (χ4v) is 3.98. The summed E-state index contributed by atoms with van der Waals surface area (Å²) in [5, 5.41) is 17.8. The molecule has 1 saturated heterocycles. The topological polar surface area (TPSA) is 157 Å². The van der Waals surface area contributed by atoms with Gasteiger partial charge in [0.2, 0.25) is 5.50 Å². The third-order valence-electron chi connectivity index (χ3n) is 5.04. The normalized spacial score (nSPS) is 16.1. The fourth-order valence-electron chi connectivity index (χ4n) is 3.34. The van der Waals surface area contributed by atoms with Gasteiger partial charge in [0.15, 0.2) is 0 Å². The number of rotatable bonds is 9. The van der Waals surface area contributed by atoms with Crippen LogP contribution in [-0.4, -0.2) is 58.7 Å². The van der Waals surface area contributed by atoms with Crippen molar-refractivity contribution in [1.82, 2.24) is 15.2 Å². The Kier molecular flexibility index (Phi) is 7.36. The molecular weight excluding hydrogens is 426 g/mol. The predicted molar refractivity (Wildman–Crippen MR) is 114 cm³/mol. The van der Waals surface area contributed by atoms with Gasteiger partial charge in [0.1, 0.15) is 17.3 Å². The number of likely N-dealkylation sites (tertiary alicyclic amines) is 1. The van der Waals surface area contributed by atoms with Crippen molar-refractivity contribution in [2.45, 2.75) is 44.3 Å². The third-order valence-corrected chi connectivity index (χ3v) is 5.89. The Hall–Kier alpha value is -2.83. The number of piperidine rings is 1. The maximum absolute atomic E-state index is 12.0. The predicted octanol–water partition coefficient (Wildman–Crippen LogP) is 2.16. The van der Waals surface area contributed by atoms with Gasteiger partial charge in [-0.3, -0.25) is 9.87 Å². The Morgan fingerprint density at radius 3 is 2.61 bits per heavy atom. The molecule has 11 nitrogen and oxygen atoms in total. The minimum absolute atomic E-state index is 0.279. The van der Waals surface area contributed by atoms with Crippen molar-refractivity contribution < 1.29 is 27.3 Å². The number of nitrogens with one attached hydrogen (secondary N) is 3. The summed E-state index contributed by atoms with van der Waals surface area (Å²) in [5.74, 6) is 1.97. The Morgan fingerprint density at radius 1 is 1.29 bits per heavy atom. The number of pyridine rings is 1. The number of amides is 1. The summed E-state index contributed by atoms with van der Waals surface area (Å²) in [6.07, 6.45) is 2.19. The molecule has 31 heavy (non-hydrogen) atoms. The van der Waals surface area contributed by atoms with E-state index >= 15 is 0 Å². The Bertz CT molecular complexity index is 987. The average molecular weight is 454 g/mol. The summed E-state index contributed by atoms with van der Waals surface area (Å²) in [6.45, 7) is 2.91. The van der Waals surface area contributed by atoms with E-state index in [1.165, 1.54) is 4.90 Å². The molecule has 3 heterocycles. The van der Waals surface area contributed by atoms with Crippen molar-refractivity contribution in [3.63, 3.8) is 0 Å². The standard InChI is InChI=1S/C19H27N5O6S/c1-2-14-5-6-15(30-14)12-21-17-16(4-3-9-20-17)23-18(31(27,28)29)22-13-7-10-24(11-8-13)19(25)26/h3-6,9,13,18,22-23H,2,7-8,10-12H2,1H3,(H,20,21)(H,25,26)(H,27,28,29). The van der Waals surface area contributed by atoms with Crippen LogP contribution < -0.4 is 16.0 Å². The van der Waals surface area contributed by atoms with Crippen LogP contribution in [0.4, 0.5) is 16.3 Å². The van der Waals surface area contributed by atoms with Crippen molar-refractivity contribution in [3.05, 3.63) is 42.0 Å². The molecule has 1 aliphatic heterocycles. The first-order chi connectivity index (χ1) is 14.8. The van der Waals surface area contributed by atoms with Crippen LogP contribution in [0.2, 0.25) is 0 Å². The molecule has 1 amide bonds. The number of aryl methyl sites for hydroxylation is 1. The molecule has 0 aromatic carbocycles. The summed E-state index contributed by atoms with van der Waals surface area (Å²) in [5.41, 5.74) is -1.10. The van der Waals surface area contributed by atoms with Crippen LogP contribution in [0, 0.1) is 0 Å². The van der Waals surface area contributed by atoms with Gasteiger partial charge < -0.3 is 25.1 Å². The van der Waals surface area contributed by atoms with Crippen molar-refractivity contribution in [1.29, 1.82) is 0 Å². The zero-order valence-corrected chi connectivity index (χ0v) is 17.9. The molecule has 0 aliphatic carbocycles. The molecule has 1 unspecified atom stereocenters. The molecule has 1 atom stereocenters. The zero-order chi connectivity index (χ0) is 22.4. The lowest BCUT2D eigenvalue weighted by atomic mass is 10.1. The summed E-state index contributed by atoms with van der Waals surface area (Å²) in [4.78, 5) is 16.6. The van der Waals surface area contributed by atoms with Crippen LogP contribution in [0.1, 0.15) is 31.3 Å². The van der Waals surface area contributed by atoms with Crippen LogP contribution in [0.15, 0.2) is 34.9 Å². The highest BCUT2D eigenvalue weighted by Gasteiger charge is 2.30. The smallest absolute Gasteiger partial charge is 0.407 e. The van der Waals surface area contributed by atoms with E-state index in [1.54, 1.807) is 18.3 Å². The van der Waals surface area contributed by atoms with Crippen LogP contribution in [0.3, 0.4) is 0 Å². The third kappa shape index (κ3) is 6.32. The molecule has 12 heteroatoms. The SMILES string of the molecule is CCc1ccc(CNc2ncccc2NC(NC2CCN(C(=O)O)CC2)S(=O)(=O)O)o1. The van der Waals surface area contributed by atoms with E-state index in [-0.39, 0.29) is 19.1 Å². The van der Waals surface area contributed by atoms with Gasteiger partial charge in [0.05, 0.1) is 12.2 Å². The van der Waals surface area contributed by atoms with Crippen LogP contribution in [0.5, 0.6) is 0 Å². The lowest BCUT2D eigenvalue weighted by molar-refractivity contribution is 0.128. The average Bonchev–Trinajstić information content (AvgIpc) is 3.20. The summed E-state index contributed by atoms with van der Waals surface area (Å²) in [7, 11) is -4.50. The van der Waals surface area contributed by atoms with E-state index < -0.39 is 21.7 Å². The van der Waals surface area contributed by atoms with Gasteiger partial charge in [0, 0.05) is 31.7 Å². The number of anilines is 2. The molecular formula is C19H27N5O6S. The maximum Gasteiger partial charge on any atom is 0.407 e. The quantitative estimate of drug-likeness (QED) is 0.281. The van der Waals surface area contributed by atoms with Gasteiger partial charge in [-0.15, -0.1) is 0 Å². The highest BCUT2D eigenvalue weighted by atomic mass is 32.2. The largest absolute Gasteiger partial charge is 0.465 e. The molecule has 5 N–H and O–H groups in total. The van der Waals surface area contributed by atoms with Gasteiger partial charge in [-0.25, -0.2) is 9.78 Å². The number of hydrogen-bond acceptors (Lipinski definition) is 8. The number of aromatic nitrogens is 1. The van der Waals surface area contributed by atoms with E-state index in [9.17, 15) is 17.8 Å². The van der Waals surface area contributed by atoms with Crippen molar-refractivity contribution in [3.8, 4) is 0 Å². The van der Waals surface area contributed by atoms with Crippen LogP contribution >= 0.6 is 0 Å². The first-order valence-electron chi connectivity index (χ1n) is 9.99. The van der Waals surface area contributed by atoms with Gasteiger partial charge in [0.25, 0.3) is 10.1 Å². The van der Waals surface area contributed by atoms with Crippen LogP contribution in [0.25, 0.3) is 0 Å². The fraction of sp³-hybridized carbons (Fsp3) is 0.474. The highest BCUT2D eigenvalue weighted by Crippen LogP contribution is 2.22. The second-order valence-corrected chi connectivity index (χ2v) is 8.73. The minimum atomic E-state index is -4.50. The Labute approximate surface area is 180 Å². The number of furan rings is 1. The monoisotopic (exact) mass is 453 g/mol. The highest BCUT2D eigenvalue weighted by molar-refractivity contribution is 7.86. The molecule has 0 spiro atoms. The summed E-state index contributed by atoms with van der Waals surface area (Å²) < 4.78 is 39.3. The van der Waals surface area contributed by atoms with E-state index in [2.05, 4.69) is 20.9 Å².